The molecule has 0 saturated carbocycles. The standard InChI is InChI=1S/C18H18N2O4/c1-13(16-8-3-4-9-17(16)24-2)19-18(21)11-10-14-6-5-7-15(12-14)20(22)23/h3-13H,1-2H3,(H,19,21)/b11-10+/t13-/m0/s1. The number of carbonyl (C=O) groups is 1. The first kappa shape index (κ1) is 17.2. The molecular formula is C18H18N2O4. The number of ether oxygens (including phenoxy) is 1. The number of para-hydroxylation sites is 1. The van der Waals surface area contributed by atoms with Crippen molar-refractivity contribution in [3.05, 3.63) is 75.8 Å². The fourth-order valence-corrected chi connectivity index (χ4v) is 2.28. The highest BCUT2D eigenvalue weighted by molar-refractivity contribution is 5.92. The van der Waals surface area contributed by atoms with Gasteiger partial charge < -0.3 is 10.1 Å². The first-order valence-corrected chi connectivity index (χ1v) is 7.37. The Hall–Kier alpha value is -3.15. The second-order valence-electron chi connectivity index (χ2n) is 5.16. The van der Waals surface area contributed by atoms with Crippen LogP contribution in [0.15, 0.2) is 54.6 Å². The third-order valence-electron chi connectivity index (χ3n) is 3.47. The molecule has 1 atom stereocenters. The molecule has 0 spiro atoms. The van der Waals surface area contributed by atoms with Crippen LogP contribution in [-0.2, 0) is 4.79 Å². The van der Waals surface area contributed by atoms with E-state index in [1.54, 1.807) is 19.2 Å². The zero-order valence-corrected chi connectivity index (χ0v) is 13.4. The highest BCUT2D eigenvalue weighted by atomic mass is 16.6. The van der Waals surface area contributed by atoms with Gasteiger partial charge in [0.15, 0.2) is 0 Å². The molecule has 124 valence electrons. The van der Waals surface area contributed by atoms with Gasteiger partial charge in [0.25, 0.3) is 5.69 Å². The molecule has 0 unspecified atom stereocenters. The number of nitro groups is 1. The molecule has 0 heterocycles. The topological polar surface area (TPSA) is 81.5 Å². The van der Waals surface area contributed by atoms with Crippen LogP contribution < -0.4 is 10.1 Å². The number of nitro benzene ring substituents is 1. The van der Waals surface area contributed by atoms with Gasteiger partial charge in [-0.2, -0.15) is 0 Å². The molecule has 0 aliphatic rings. The Balaban J connectivity index is 2.05. The number of amides is 1. The Labute approximate surface area is 139 Å². The van der Waals surface area contributed by atoms with Gasteiger partial charge in [-0.05, 0) is 24.6 Å². The van der Waals surface area contributed by atoms with E-state index in [1.807, 2.05) is 31.2 Å². The molecule has 0 aromatic heterocycles. The second kappa shape index (κ2) is 7.92. The zero-order chi connectivity index (χ0) is 17.5. The molecule has 6 nitrogen and oxygen atoms in total. The number of nitrogens with zero attached hydrogens (tertiary/aromatic N) is 1. The molecule has 2 aromatic rings. The fraction of sp³-hybridized carbons (Fsp3) is 0.167. The first-order valence-electron chi connectivity index (χ1n) is 7.37. The number of non-ortho nitro benzene ring substituents is 1. The van der Waals surface area contributed by atoms with E-state index in [0.717, 1.165) is 5.56 Å². The van der Waals surface area contributed by atoms with E-state index in [2.05, 4.69) is 5.32 Å². The molecule has 2 rings (SSSR count). The van der Waals surface area contributed by atoms with Crippen molar-refractivity contribution in [3.63, 3.8) is 0 Å². The lowest BCUT2D eigenvalue weighted by atomic mass is 10.1. The summed E-state index contributed by atoms with van der Waals surface area (Å²) in [4.78, 5) is 22.3. The second-order valence-corrected chi connectivity index (χ2v) is 5.16. The van der Waals surface area contributed by atoms with E-state index in [1.165, 1.54) is 24.3 Å². The molecule has 0 radical (unpaired) electrons. The van der Waals surface area contributed by atoms with Crippen LogP contribution in [0.1, 0.15) is 24.1 Å². The minimum absolute atomic E-state index is 0.0139. The van der Waals surface area contributed by atoms with E-state index >= 15 is 0 Å². The average Bonchev–Trinajstić information content (AvgIpc) is 2.60. The Morgan fingerprint density at radius 2 is 2.00 bits per heavy atom. The maximum absolute atomic E-state index is 12.0. The van der Waals surface area contributed by atoms with Crippen LogP contribution in [0.3, 0.4) is 0 Å². The Morgan fingerprint density at radius 3 is 2.71 bits per heavy atom. The molecule has 6 heteroatoms. The largest absolute Gasteiger partial charge is 0.496 e. The molecule has 1 N–H and O–H groups in total. The third-order valence-corrected chi connectivity index (χ3v) is 3.47. The van der Waals surface area contributed by atoms with Crippen LogP contribution in [-0.4, -0.2) is 17.9 Å². The molecular weight excluding hydrogens is 308 g/mol. The molecule has 1 amide bonds. The van der Waals surface area contributed by atoms with Gasteiger partial charge in [0.2, 0.25) is 5.91 Å². The lowest BCUT2D eigenvalue weighted by Crippen LogP contribution is -2.24. The normalized spacial score (nSPS) is 11.9. The number of hydrogen-bond acceptors (Lipinski definition) is 4. The van der Waals surface area contributed by atoms with E-state index in [4.69, 9.17) is 4.74 Å². The third kappa shape index (κ3) is 4.42. The molecule has 24 heavy (non-hydrogen) atoms. The monoisotopic (exact) mass is 326 g/mol. The van der Waals surface area contributed by atoms with Gasteiger partial charge in [0.05, 0.1) is 18.1 Å². The predicted molar refractivity (Wildman–Crippen MR) is 91.7 cm³/mol. The van der Waals surface area contributed by atoms with Gasteiger partial charge in [-0.25, -0.2) is 0 Å². The SMILES string of the molecule is COc1ccccc1[C@H](C)NC(=O)/C=C/c1cccc([N+](=O)[O-])c1. The van der Waals surface area contributed by atoms with Crippen molar-refractivity contribution in [1.82, 2.24) is 5.32 Å². The Bertz CT molecular complexity index is 771. The smallest absolute Gasteiger partial charge is 0.270 e. The van der Waals surface area contributed by atoms with Gasteiger partial charge >= 0.3 is 0 Å². The molecule has 0 bridgehead atoms. The van der Waals surface area contributed by atoms with Crippen molar-refractivity contribution < 1.29 is 14.5 Å². The summed E-state index contributed by atoms with van der Waals surface area (Å²) in [6.07, 6.45) is 2.89. The van der Waals surface area contributed by atoms with Crippen LogP contribution in [0.5, 0.6) is 5.75 Å². The van der Waals surface area contributed by atoms with E-state index in [9.17, 15) is 14.9 Å². The average molecular weight is 326 g/mol. The summed E-state index contributed by atoms with van der Waals surface area (Å²) in [5.41, 5.74) is 1.45. The van der Waals surface area contributed by atoms with Crippen LogP contribution in [0.25, 0.3) is 6.08 Å². The number of carbonyl (C=O) groups excluding carboxylic acids is 1. The van der Waals surface area contributed by atoms with Crippen LogP contribution in [0.4, 0.5) is 5.69 Å². The van der Waals surface area contributed by atoms with Gasteiger partial charge in [0, 0.05) is 23.8 Å². The van der Waals surface area contributed by atoms with Gasteiger partial charge in [-0.1, -0.05) is 30.3 Å². The van der Waals surface area contributed by atoms with Crippen molar-refractivity contribution in [3.8, 4) is 5.75 Å². The minimum atomic E-state index is -0.471. The summed E-state index contributed by atoms with van der Waals surface area (Å²) < 4.78 is 5.28. The lowest BCUT2D eigenvalue weighted by molar-refractivity contribution is -0.384. The highest BCUT2D eigenvalue weighted by Gasteiger charge is 2.12. The number of benzene rings is 2. The van der Waals surface area contributed by atoms with Crippen LogP contribution >= 0.6 is 0 Å². The predicted octanol–water partition coefficient (Wildman–Crippen LogP) is 3.49. The molecule has 2 aromatic carbocycles. The summed E-state index contributed by atoms with van der Waals surface area (Å²) in [5, 5.41) is 13.6. The summed E-state index contributed by atoms with van der Waals surface area (Å²) >= 11 is 0. The summed E-state index contributed by atoms with van der Waals surface area (Å²) in [6, 6.07) is 13.3. The minimum Gasteiger partial charge on any atom is -0.496 e. The maximum atomic E-state index is 12.0. The number of hydrogen-bond donors (Lipinski definition) is 1. The van der Waals surface area contributed by atoms with Gasteiger partial charge in [-0.15, -0.1) is 0 Å². The zero-order valence-electron chi connectivity index (χ0n) is 13.4. The van der Waals surface area contributed by atoms with Crippen molar-refractivity contribution in [2.24, 2.45) is 0 Å². The molecule has 0 fully saturated rings. The van der Waals surface area contributed by atoms with Crippen LogP contribution in [0.2, 0.25) is 0 Å². The maximum Gasteiger partial charge on any atom is 0.270 e. The van der Waals surface area contributed by atoms with E-state index in [-0.39, 0.29) is 17.6 Å². The van der Waals surface area contributed by atoms with E-state index < -0.39 is 4.92 Å². The molecule has 0 saturated heterocycles. The fourth-order valence-electron chi connectivity index (χ4n) is 2.28. The lowest BCUT2D eigenvalue weighted by Gasteiger charge is -2.16. The number of rotatable bonds is 6. The Kier molecular flexibility index (Phi) is 5.68. The van der Waals surface area contributed by atoms with Crippen molar-refractivity contribution in [2.75, 3.05) is 7.11 Å². The Morgan fingerprint density at radius 1 is 1.25 bits per heavy atom. The molecule has 0 aliphatic heterocycles. The van der Waals surface area contributed by atoms with Crippen molar-refractivity contribution in [1.29, 1.82) is 0 Å². The van der Waals surface area contributed by atoms with Gasteiger partial charge in [0.1, 0.15) is 5.75 Å². The first-order chi connectivity index (χ1) is 11.5. The van der Waals surface area contributed by atoms with Crippen molar-refractivity contribution >= 4 is 17.7 Å². The number of methoxy groups -OCH3 is 1. The van der Waals surface area contributed by atoms with E-state index in [0.29, 0.717) is 11.3 Å². The molecule has 0 aliphatic carbocycles. The van der Waals surface area contributed by atoms with Gasteiger partial charge in [-0.3, -0.25) is 14.9 Å². The van der Waals surface area contributed by atoms with Crippen LogP contribution in [0, 0.1) is 10.1 Å². The summed E-state index contributed by atoms with van der Waals surface area (Å²) in [5.74, 6) is 0.410. The number of nitrogens with one attached hydrogen (secondary N) is 1. The highest BCUT2D eigenvalue weighted by Crippen LogP contribution is 2.24. The summed E-state index contributed by atoms with van der Waals surface area (Å²) in [7, 11) is 1.58. The van der Waals surface area contributed by atoms with Crippen molar-refractivity contribution in [2.45, 2.75) is 13.0 Å². The quantitative estimate of drug-likeness (QED) is 0.500. The summed E-state index contributed by atoms with van der Waals surface area (Å²) in [6.45, 7) is 1.86.